The molecule has 7 nitrogen and oxygen atoms in total. The molecule has 1 N–H and O–H groups in total. The number of hydrogen-bond acceptors (Lipinski definition) is 6. The van der Waals surface area contributed by atoms with Gasteiger partial charge in [-0.15, -0.1) is 0 Å². The zero-order valence-electron chi connectivity index (χ0n) is 15.7. The Hall–Kier alpha value is -3.19. The molecule has 0 unspecified atom stereocenters. The molecule has 1 aliphatic heterocycles. The number of benzene rings is 1. The molecule has 7 heteroatoms. The van der Waals surface area contributed by atoms with Crippen molar-refractivity contribution in [3.8, 4) is 17.1 Å². The summed E-state index contributed by atoms with van der Waals surface area (Å²) in [6, 6.07) is 13.2. The van der Waals surface area contributed by atoms with E-state index in [9.17, 15) is 4.79 Å². The van der Waals surface area contributed by atoms with Gasteiger partial charge in [0.25, 0.3) is 5.91 Å². The summed E-state index contributed by atoms with van der Waals surface area (Å²) < 4.78 is 11.2. The van der Waals surface area contributed by atoms with Crippen LogP contribution in [0.1, 0.15) is 34.5 Å². The van der Waals surface area contributed by atoms with Gasteiger partial charge in [0, 0.05) is 30.9 Å². The second-order valence-corrected chi connectivity index (χ2v) is 6.74. The number of ether oxygens (including phenoxy) is 1. The van der Waals surface area contributed by atoms with E-state index in [0.29, 0.717) is 17.2 Å². The maximum atomic E-state index is 12.2. The highest BCUT2D eigenvalue weighted by molar-refractivity contribution is 5.93. The Labute approximate surface area is 163 Å². The molecular formula is C21H22N4O3. The van der Waals surface area contributed by atoms with Gasteiger partial charge in [0.2, 0.25) is 5.88 Å². The molecule has 1 aromatic carbocycles. The molecule has 2 aromatic heterocycles. The van der Waals surface area contributed by atoms with Gasteiger partial charge >= 0.3 is 0 Å². The van der Waals surface area contributed by atoms with Crippen molar-refractivity contribution in [1.82, 2.24) is 20.6 Å². The van der Waals surface area contributed by atoms with Crippen LogP contribution in [0.25, 0.3) is 11.3 Å². The Balaban J connectivity index is 1.40. The van der Waals surface area contributed by atoms with Crippen molar-refractivity contribution in [3.63, 3.8) is 0 Å². The summed E-state index contributed by atoms with van der Waals surface area (Å²) in [4.78, 5) is 16.5. The molecule has 1 saturated heterocycles. The van der Waals surface area contributed by atoms with Crippen molar-refractivity contribution in [2.75, 3.05) is 13.1 Å². The van der Waals surface area contributed by atoms with E-state index in [0.717, 1.165) is 42.8 Å². The molecule has 3 aromatic rings. The standard InChI is InChI=1S/C21H22N4O3/c1-15-18(20(24-28-15)16-7-3-2-4-8-16)14-27-19-10-9-17(13-22-19)21(26)23-25-11-5-6-12-25/h2-4,7-10,13H,5-6,11-12,14H2,1H3,(H,23,26). The molecule has 3 heterocycles. The van der Waals surface area contributed by atoms with Crippen LogP contribution in [0, 0.1) is 6.92 Å². The number of carbonyl (C=O) groups excluding carboxylic acids is 1. The number of nitrogens with zero attached hydrogens (tertiary/aromatic N) is 3. The van der Waals surface area contributed by atoms with Gasteiger partial charge in [-0.3, -0.25) is 10.2 Å². The zero-order chi connectivity index (χ0) is 19.3. The van der Waals surface area contributed by atoms with E-state index in [1.807, 2.05) is 42.3 Å². The maximum Gasteiger partial charge on any atom is 0.267 e. The van der Waals surface area contributed by atoms with Crippen LogP contribution in [-0.4, -0.2) is 34.1 Å². The lowest BCUT2D eigenvalue weighted by molar-refractivity contribution is 0.0825. The van der Waals surface area contributed by atoms with Crippen LogP contribution >= 0.6 is 0 Å². The molecule has 1 amide bonds. The van der Waals surface area contributed by atoms with Crippen LogP contribution in [0.15, 0.2) is 53.2 Å². The van der Waals surface area contributed by atoms with Gasteiger partial charge in [0.15, 0.2) is 0 Å². The molecule has 0 bridgehead atoms. The summed E-state index contributed by atoms with van der Waals surface area (Å²) in [6.07, 6.45) is 3.75. The van der Waals surface area contributed by atoms with Gasteiger partial charge in [-0.05, 0) is 25.8 Å². The highest BCUT2D eigenvalue weighted by Gasteiger charge is 2.17. The second-order valence-electron chi connectivity index (χ2n) is 6.74. The lowest BCUT2D eigenvalue weighted by Gasteiger charge is -2.16. The molecule has 0 radical (unpaired) electrons. The van der Waals surface area contributed by atoms with Crippen LogP contribution in [0.5, 0.6) is 5.88 Å². The van der Waals surface area contributed by atoms with Crippen molar-refractivity contribution in [2.45, 2.75) is 26.4 Å². The van der Waals surface area contributed by atoms with Gasteiger partial charge in [-0.2, -0.15) is 0 Å². The highest BCUT2D eigenvalue weighted by Crippen LogP contribution is 2.26. The fourth-order valence-electron chi connectivity index (χ4n) is 3.17. The van der Waals surface area contributed by atoms with E-state index in [4.69, 9.17) is 9.26 Å². The molecule has 0 saturated carbocycles. The first-order valence-corrected chi connectivity index (χ1v) is 9.36. The quantitative estimate of drug-likeness (QED) is 0.708. The Morgan fingerprint density at radius 2 is 1.96 bits per heavy atom. The van der Waals surface area contributed by atoms with Gasteiger partial charge in [0.1, 0.15) is 18.1 Å². The van der Waals surface area contributed by atoms with Gasteiger partial charge in [-0.25, -0.2) is 9.99 Å². The lowest BCUT2D eigenvalue weighted by atomic mass is 10.1. The summed E-state index contributed by atoms with van der Waals surface area (Å²) in [5, 5.41) is 6.09. The number of rotatable bonds is 6. The number of pyridine rings is 1. The Kier molecular flexibility index (Phi) is 5.34. The molecule has 28 heavy (non-hydrogen) atoms. The van der Waals surface area contributed by atoms with Gasteiger partial charge < -0.3 is 9.26 Å². The first-order chi connectivity index (χ1) is 13.7. The first kappa shape index (κ1) is 18.2. The largest absolute Gasteiger partial charge is 0.473 e. The summed E-state index contributed by atoms with van der Waals surface area (Å²) in [5.41, 5.74) is 6.01. The molecule has 1 fully saturated rings. The Bertz CT molecular complexity index is 932. The molecule has 0 aliphatic carbocycles. The summed E-state index contributed by atoms with van der Waals surface area (Å²) >= 11 is 0. The van der Waals surface area contributed by atoms with Crippen LogP contribution in [0.4, 0.5) is 0 Å². The predicted molar refractivity (Wildman–Crippen MR) is 104 cm³/mol. The van der Waals surface area contributed by atoms with E-state index in [1.54, 1.807) is 12.1 Å². The normalized spacial score (nSPS) is 14.2. The number of aryl methyl sites for hydroxylation is 1. The SMILES string of the molecule is Cc1onc(-c2ccccc2)c1COc1ccc(C(=O)NN2CCCC2)cn1. The van der Waals surface area contributed by atoms with Crippen LogP contribution in [0.3, 0.4) is 0 Å². The Morgan fingerprint density at radius 3 is 2.68 bits per heavy atom. The number of aromatic nitrogens is 2. The number of carbonyl (C=O) groups is 1. The average molecular weight is 378 g/mol. The fraction of sp³-hybridized carbons (Fsp3) is 0.286. The van der Waals surface area contributed by atoms with Crippen molar-refractivity contribution >= 4 is 5.91 Å². The van der Waals surface area contributed by atoms with Crippen LogP contribution in [0.2, 0.25) is 0 Å². The van der Waals surface area contributed by atoms with Crippen molar-refractivity contribution in [1.29, 1.82) is 0 Å². The fourth-order valence-corrected chi connectivity index (χ4v) is 3.17. The van der Waals surface area contributed by atoms with Gasteiger partial charge in [0.05, 0.1) is 11.1 Å². The van der Waals surface area contributed by atoms with Gasteiger partial charge in [-0.1, -0.05) is 35.5 Å². The lowest BCUT2D eigenvalue weighted by Crippen LogP contribution is -2.40. The summed E-state index contributed by atoms with van der Waals surface area (Å²) in [6.45, 7) is 3.92. The molecule has 0 atom stereocenters. The van der Waals surface area contributed by atoms with E-state index < -0.39 is 0 Å². The number of amides is 1. The third-order valence-electron chi connectivity index (χ3n) is 4.76. The number of nitrogens with one attached hydrogen (secondary N) is 1. The second kappa shape index (κ2) is 8.22. The molecule has 0 spiro atoms. The Morgan fingerprint density at radius 1 is 1.18 bits per heavy atom. The third-order valence-corrected chi connectivity index (χ3v) is 4.76. The summed E-state index contributed by atoms with van der Waals surface area (Å²) in [5.74, 6) is 1.000. The van der Waals surface area contributed by atoms with E-state index in [-0.39, 0.29) is 12.5 Å². The smallest absolute Gasteiger partial charge is 0.267 e. The minimum absolute atomic E-state index is 0.151. The molecular weight excluding hydrogens is 356 g/mol. The maximum absolute atomic E-state index is 12.2. The van der Waals surface area contributed by atoms with E-state index >= 15 is 0 Å². The summed E-state index contributed by atoms with van der Waals surface area (Å²) in [7, 11) is 0. The highest BCUT2D eigenvalue weighted by atomic mass is 16.5. The van der Waals surface area contributed by atoms with Crippen LogP contribution in [-0.2, 0) is 6.61 Å². The molecule has 4 rings (SSSR count). The average Bonchev–Trinajstić information content (AvgIpc) is 3.37. The monoisotopic (exact) mass is 378 g/mol. The number of hydrazine groups is 1. The zero-order valence-corrected chi connectivity index (χ0v) is 15.7. The molecule has 1 aliphatic rings. The predicted octanol–water partition coefficient (Wildman–Crippen LogP) is 3.36. The van der Waals surface area contributed by atoms with E-state index in [2.05, 4.69) is 15.6 Å². The minimum atomic E-state index is -0.151. The first-order valence-electron chi connectivity index (χ1n) is 9.36. The topological polar surface area (TPSA) is 80.5 Å². The van der Waals surface area contributed by atoms with Crippen molar-refractivity contribution < 1.29 is 14.1 Å². The number of hydrogen-bond donors (Lipinski definition) is 1. The third kappa shape index (κ3) is 4.04. The van der Waals surface area contributed by atoms with Crippen molar-refractivity contribution in [3.05, 3.63) is 65.5 Å². The van der Waals surface area contributed by atoms with E-state index in [1.165, 1.54) is 6.20 Å². The van der Waals surface area contributed by atoms with Crippen molar-refractivity contribution in [2.24, 2.45) is 0 Å². The van der Waals surface area contributed by atoms with Crippen LogP contribution < -0.4 is 10.2 Å². The molecule has 144 valence electrons. The minimum Gasteiger partial charge on any atom is -0.473 e.